The van der Waals surface area contributed by atoms with Gasteiger partial charge in [-0.2, -0.15) is 0 Å². The zero-order valence-corrected chi connectivity index (χ0v) is 11.9. The Labute approximate surface area is 111 Å². The molecule has 1 aliphatic carbocycles. The molecule has 0 aromatic heterocycles. The first kappa shape index (κ1) is 13.6. The van der Waals surface area contributed by atoms with Crippen LogP contribution < -0.4 is 0 Å². The van der Waals surface area contributed by atoms with Crippen molar-refractivity contribution in [3.63, 3.8) is 0 Å². The molecular weight excluding hydrogens is 222 g/mol. The van der Waals surface area contributed by atoms with Crippen LogP contribution in [0.1, 0.15) is 26.7 Å². The number of methoxy groups -OCH3 is 1. The summed E-state index contributed by atoms with van der Waals surface area (Å²) in [6, 6.07) is 0. The summed E-state index contributed by atoms with van der Waals surface area (Å²) in [4.78, 5) is 2.56. The molecule has 1 heterocycles. The lowest BCUT2D eigenvalue weighted by molar-refractivity contribution is 0.142. The first-order valence-electron chi connectivity index (χ1n) is 6.90. The van der Waals surface area contributed by atoms with E-state index in [1.54, 1.807) is 7.11 Å². The highest BCUT2D eigenvalue weighted by Gasteiger charge is 2.25. The maximum atomic E-state index is 5.32. The monoisotopic (exact) mass is 247 g/mol. The SMILES string of the molecule is COC1C=CC=C(CN2CCC(C)(C)CC2)C=C1. The Kier molecular flexibility index (Phi) is 4.41. The van der Waals surface area contributed by atoms with E-state index in [2.05, 4.69) is 49.1 Å². The van der Waals surface area contributed by atoms with Crippen molar-refractivity contribution in [3.05, 3.63) is 36.0 Å². The molecule has 1 unspecified atom stereocenters. The predicted molar refractivity (Wildman–Crippen MR) is 76.6 cm³/mol. The highest BCUT2D eigenvalue weighted by atomic mass is 16.5. The van der Waals surface area contributed by atoms with Crippen molar-refractivity contribution in [1.29, 1.82) is 0 Å². The standard InChI is InChI=1S/C16H25NO/c1-16(2)9-11-17(12-10-16)13-14-5-4-6-15(18-3)8-7-14/h4-8,15H,9-13H2,1-3H3. The minimum atomic E-state index is 0.124. The maximum absolute atomic E-state index is 5.32. The fraction of sp³-hybridized carbons (Fsp3) is 0.625. The molecule has 0 amide bonds. The summed E-state index contributed by atoms with van der Waals surface area (Å²) in [5.41, 5.74) is 1.91. The average Bonchev–Trinajstić information content (AvgIpc) is 2.57. The zero-order valence-electron chi connectivity index (χ0n) is 11.9. The normalized spacial score (nSPS) is 27.9. The van der Waals surface area contributed by atoms with Gasteiger partial charge < -0.3 is 4.74 Å². The van der Waals surface area contributed by atoms with Crippen molar-refractivity contribution in [2.45, 2.75) is 32.8 Å². The highest BCUT2D eigenvalue weighted by Crippen LogP contribution is 2.30. The van der Waals surface area contributed by atoms with Gasteiger partial charge in [0.05, 0.1) is 6.10 Å². The number of ether oxygens (including phenoxy) is 1. The van der Waals surface area contributed by atoms with Crippen molar-refractivity contribution in [2.24, 2.45) is 5.41 Å². The van der Waals surface area contributed by atoms with E-state index in [0.717, 1.165) is 6.54 Å². The first-order chi connectivity index (χ1) is 8.59. The van der Waals surface area contributed by atoms with Gasteiger partial charge in [-0.05, 0) is 36.9 Å². The fourth-order valence-electron chi connectivity index (χ4n) is 2.46. The second kappa shape index (κ2) is 5.85. The molecule has 0 spiro atoms. The Balaban J connectivity index is 1.87. The van der Waals surface area contributed by atoms with E-state index in [4.69, 9.17) is 4.74 Å². The molecule has 2 aliphatic rings. The largest absolute Gasteiger partial charge is 0.373 e. The molecule has 0 N–H and O–H groups in total. The van der Waals surface area contributed by atoms with Crippen LogP contribution in [0.2, 0.25) is 0 Å². The van der Waals surface area contributed by atoms with Gasteiger partial charge in [-0.15, -0.1) is 0 Å². The van der Waals surface area contributed by atoms with Crippen LogP contribution in [0.25, 0.3) is 0 Å². The maximum Gasteiger partial charge on any atom is 0.0939 e. The molecule has 1 atom stereocenters. The van der Waals surface area contributed by atoms with Crippen LogP contribution in [-0.4, -0.2) is 37.7 Å². The topological polar surface area (TPSA) is 12.5 Å². The molecule has 1 saturated heterocycles. The zero-order chi connectivity index (χ0) is 13.0. The third-order valence-electron chi connectivity index (χ3n) is 4.00. The summed E-state index contributed by atoms with van der Waals surface area (Å²) in [6.07, 6.45) is 13.5. The second-order valence-electron chi connectivity index (χ2n) is 6.13. The Morgan fingerprint density at radius 1 is 1.28 bits per heavy atom. The summed E-state index contributed by atoms with van der Waals surface area (Å²) in [5, 5.41) is 0. The van der Waals surface area contributed by atoms with Gasteiger partial charge in [0, 0.05) is 13.7 Å². The summed E-state index contributed by atoms with van der Waals surface area (Å²) < 4.78 is 5.32. The van der Waals surface area contributed by atoms with E-state index in [1.807, 2.05) is 0 Å². The lowest BCUT2D eigenvalue weighted by atomic mass is 9.82. The smallest absolute Gasteiger partial charge is 0.0939 e. The van der Waals surface area contributed by atoms with Gasteiger partial charge in [0.15, 0.2) is 0 Å². The lowest BCUT2D eigenvalue weighted by Gasteiger charge is -2.37. The number of hydrogen-bond acceptors (Lipinski definition) is 2. The quantitative estimate of drug-likeness (QED) is 0.759. The minimum Gasteiger partial charge on any atom is -0.373 e. The third kappa shape index (κ3) is 3.82. The Bertz CT molecular complexity index is 355. The molecule has 0 radical (unpaired) electrons. The number of nitrogens with zero attached hydrogens (tertiary/aromatic N) is 1. The van der Waals surface area contributed by atoms with E-state index < -0.39 is 0 Å². The molecule has 18 heavy (non-hydrogen) atoms. The minimum absolute atomic E-state index is 0.124. The van der Waals surface area contributed by atoms with Crippen molar-refractivity contribution >= 4 is 0 Å². The molecule has 1 fully saturated rings. The van der Waals surface area contributed by atoms with Gasteiger partial charge in [-0.1, -0.05) is 44.2 Å². The molecule has 100 valence electrons. The summed E-state index contributed by atoms with van der Waals surface area (Å²) in [7, 11) is 1.75. The molecule has 0 saturated carbocycles. The Morgan fingerprint density at radius 2 is 2.00 bits per heavy atom. The van der Waals surface area contributed by atoms with Gasteiger partial charge >= 0.3 is 0 Å². The van der Waals surface area contributed by atoms with E-state index in [1.165, 1.54) is 31.5 Å². The van der Waals surface area contributed by atoms with Crippen molar-refractivity contribution < 1.29 is 4.74 Å². The van der Waals surface area contributed by atoms with Crippen LogP contribution in [0.5, 0.6) is 0 Å². The fourth-order valence-corrected chi connectivity index (χ4v) is 2.46. The van der Waals surface area contributed by atoms with Gasteiger partial charge in [-0.3, -0.25) is 4.90 Å². The highest BCUT2D eigenvalue weighted by molar-refractivity contribution is 5.30. The summed E-state index contributed by atoms with van der Waals surface area (Å²) in [5.74, 6) is 0. The molecule has 2 nitrogen and oxygen atoms in total. The van der Waals surface area contributed by atoms with Crippen LogP contribution in [0.15, 0.2) is 36.0 Å². The van der Waals surface area contributed by atoms with E-state index >= 15 is 0 Å². The van der Waals surface area contributed by atoms with E-state index in [0.29, 0.717) is 5.41 Å². The van der Waals surface area contributed by atoms with Crippen LogP contribution in [0.4, 0.5) is 0 Å². The molecule has 0 aromatic rings. The van der Waals surface area contributed by atoms with Gasteiger partial charge in [0.1, 0.15) is 0 Å². The predicted octanol–water partition coefficient (Wildman–Crippen LogP) is 3.18. The third-order valence-corrected chi connectivity index (χ3v) is 4.00. The second-order valence-corrected chi connectivity index (χ2v) is 6.13. The first-order valence-corrected chi connectivity index (χ1v) is 6.90. The molecule has 0 aromatic carbocycles. The number of piperidine rings is 1. The molecule has 2 heteroatoms. The van der Waals surface area contributed by atoms with Gasteiger partial charge in [-0.25, -0.2) is 0 Å². The Morgan fingerprint density at radius 3 is 2.67 bits per heavy atom. The van der Waals surface area contributed by atoms with E-state index in [9.17, 15) is 0 Å². The van der Waals surface area contributed by atoms with Crippen molar-refractivity contribution in [3.8, 4) is 0 Å². The molecule has 0 bridgehead atoms. The average molecular weight is 247 g/mol. The van der Waals surface area contributed by atoms with Crippen LogP contribution >= 0.6 is 0 Å². The van der Waals surface area contributed by atoms with Crippen LogP contribution in [-0.2, 0) is 4.74 Å². The molecule has 1 aliphatic heterocycles. The summed E-state index contributed by atoms with van der Waals surface area (Å²) >= 11 is 0. The summed E-state index contributed by atoms with van der Waals surface area (Å²) in [6.45, 7) is 8.25. The number of rotatable bonds is 3. The van der Waals surface area contributed by atoms with E-state index in [-0.39, 0.29) is 6.10 Å². The van der Waals surface area contributed by atoms with Crippen molar-refractivity contribution in [1.82, 2.24) is 4.90 Å². The van der Waals surface area contributed by atoms with Gasteiger partial charge in [0.2, 0.25) is 0 Å². The molecular formula is C16H25NO. The lowest BCUT2D eigenvalue weighted by Crippen LogP contribution is -2.38. The molecule has 2 rings (SSSR count). The number of allylic oxidation sites excluding steroid dienone is 2. The van der Waals surface area contributed by atoms with Crippen LogP contribution in [0.3, 0.4) is 0 Å². The number of likely N-dealkylation sites (tertiary alicyclic amines) is 1. The van der Waals surface area contributed by atoms with Gasteiger partial charge in [0.25, 0.3) is 0 Å². The van der Waals surface area contributed by atoms with Crippen molar-refractivity contribution in [2.75, 3.05) is 26.7 Å². The number of hydrogen-bond donors (Lipinski definition) is 0. The Hall–Kier alpha value is -0.860. The van der Waals surface area contributed by atoms with Crippen LogP contribution in [0, 0.1) is 5.41 Å².